The second-order valence-corrected chi connectivity index (χ2v) is 4.89. The van der Waals surface area contributed by atoms with Crippen molar-refractivity contribution in [2.45, 2.75) is 6.54 Å². The zero-order chi connectivity index (χ0) is 15.1. The molecular weight excluding hydrogens is 288 g/mol. The van der Waals surface area contributed by atoms with E-state index in [1.54, 1.807) is 19.2 Å². The van der Waals surface area contributed by atoms with Crippen LogP contribution in [-0.2, 0) is 11.3 Å². The first-order valence-corrected chi connectivity index (χ1v) is 6.95. The Kier molecular flexibility index (Phi) is 5.60. The molecule has 110 valence electrons. The molecule has 0 spiro atoms. The number of nitrogens with one attached hydrogen (secondary N) is 2. The molecule has 5 heteroatoms. The number of benzene rings is 2. The van der Waals surface area contributed by atoms with Gasteiger partial charge in [-0.2, -0.15) is 0 Å². The van der Waals surface area contributed by atoms with Crippen LogP contribution in [0.3, 0.4) is 0 Å². The largest absolute Gasteiger partial charge is 0.497 e. The van der Waals surface area contributed by atoms with Gasteiger partial charge < -0.3 is 15.4 Å². The first-order chi connectivity index (χ1) is 10.2. The number of para-hydroxylation sites is 1. The maximum Gasteiger partial charge on any atom is 0.238 e. The van der Waals surface area contributed by atoms with Gasteiger partial charge >= 0.3 is 0 Å². The van der Waals surface area contributed by atoms with Gasteiger partial charge in [-0.15, -0.1) is 0 Å². The number of anilines is 1. The lowest BCUT2D eigenvalue weighted by Crippen LogP contribution is -2.27. The van der Waals surface area contributed by atoms with Crippen molar-refractivity contribution >= 4 is 23.2 Å². The van der Waals surface area contributed by atoms with Crippen LogP contribution >= 0.6 is 11.6 Å². The van der Waals surface area contributed by atoms with Gasteiger partial charge in [-0.25, -0.2) is 0 Å². The van der Waals surface area contributed by atoms with Gasteiger partial charge in [0.2, 0.25) is 5.91 Å². The average molecular weight is 305 g/mol. The summed E-state index contributed by atoms with van der Waals surface area (Å²) in [6.45, 7) is 0.801. The lowest BCUT2D eigenvalue weighted by molar-refractivity contribution is -0.115. The maximum absolute atomic E-state index is 11.8. The van der Waals surface area contributed by atoms with E-state index in [-0.39, 0.29) is 12.5 Å². The van der Waals surface area contributed by atoms with E-state index in [4.69, 9.17) is 16.3 Å². The number of ether oxygens (including phenoxy) is 1. The minimum absolute atomic E-state index is 0.133. The molecule has 0 heterocycles. The zero-order valence-corrected chi connectivity index (χ0v) is 12.5. The Bertz CT molecular complexity index is 617. The molecule has 4 nitrogen and oxygen atoms in total. The van der Waals surface area contributed by atoms with E-state index in [9.17, 15) is 4.79 Å². The molecule has 0 unspecified atom stereocenters. The highest BCUT2D eigenvalue weighted by molar-refractivity contribution is 6.33. The molecule has 0 aliphatic rings. The fraction of sp³-hybridized carbons (Fsp3) is 0.188. The van der Waals surface area contributed by atoms with E-state index < -0.39 is 0 Å². The number of hydrogen-bond acceptors (Lipinski definition) is 3. The molecule has 0 radical (unpaired) electrons. The summed E-state index contributed by atoms with van der Waals surface area (Å²) in [5.74, 6) is 0.667. The lowest BCUT2D eigenvalue weighted by atomic mass is 10.2. The quantitative estimate of drug-likeness (QED) is 0.862. The molecule has 2 aromatic rings. The number of carbonyl (C=O) groups is 1. The zero-order valence-electron chi connectivity index (χ0n) is 11.7. The van der Waals surface area contributed by atoms with Crippen molar-refractivity contribution in [2.75, 3.05) is 19.0 Å². The highest BCUT2D eigenvalue weighted by Gasteiger charge is 2.05. The van der Waals surface area contributed by atoms with Crippen LogP contribution in [0.25, 0.3) is 0 Å². The number of amides is 1. The van der Waals surface area contributed by atoms with E-state index in [2.05, 4.69) is 10.6 Å². The molecule has 0 saturated heterocycles. The van der Waals surface area contributed by atoms with Crippen molar-refractivity contribution in [3.63, 3.8) is 0 Å². The third-order valence-corrected chi connectivity index (χ3v) is 3.23. The van der Waals surface area contributed by atoms with E-state index in [0.29, 0.717) is 17.3 Å². The Morgan fingerprint density at radius 3 is 2.76 bits per heavy atom. The van der Waals surface area contributed by atoms with Crippen LogP contribution in [0.4, 0.5) is 5.69 Å². The Morgan fingerprint density at radius 2 is 2.00 bits per heavy atom. The molecule has 2 rings (SSSR count). The smallest absolute Gasteiger partial charge is 0.238 e. The molecule has 0 bridgehead atoms. The van der Waals surface area contributed by atoms with Gasteiger partial charge in [-0.3, -0.25) is 4.79 Å². The van der Waals surface area contributed by atoms with E-state index in [0.717, 1.165) is 11.3 Å². The summed E-state index contributed by atoms with van der Waals surface area (Å²) in [5.41, 5.74) is 1.67. The summed E-state index contributed by atoms with van der Waals surface area (Å²) < 4.78 is 5.15. The van der Waals surface area contributed by atoms with Crippen molar-refractivity contribution in [3.8, 4) is 5.75 Å². The highest BCUT2D eigenvalue weighted by atomic mass is 35.5. The molecule has 0 aromatic heterocycles. The van der Waals surface area contributed by atoms with Gasteiger partial charge in [0, 0.05) is 6.54 Å². The number of hydrogen-bond donors (Lipinski definition) is 2. The molecule has 2 N–H and O–H groups in total. The van der Waals surface area contributed by atoms with Crippen LogP contribution in [0.2, 0.25) is 5.02 Å². The first kappa shape index (κ1) is 15.4. The van der Waals surface area contributed by atoms with Crippen molar-refractivity contribution < 1.29 is 9.53 Å². The fourth-order valence-electron chi connectivity index (χ4n) is 1.86. The predicted molar refractivity (Wildman–Crippen MR) is 84.8 cm³/mol. The third-order valence-electron chi connectivity index (χ3n) is 2.90. The summed E-state index contributed by atoms with van der Waals surface area (Å²) in [7, 11) is 1.63. The summed E-state index contributed by atoms with van der Waals surface area (Å²) >= 11 is 5.98. The molecular formula is C16H17ClN2O2. The van der Waals surface area contributed by atoms with Crippen molar-refractivity contribution in [2.24, 2.45) is 0 Å². The second-order valence-electron chi connectivity index (χ2n) is 4.48. The molecule has 2 aromatic carbocycles. The SMILES string of the molecule is COc1cccc(CNCC(=O)Nc2ccccc2Cl)c1. The Hall–Kier alpha value is -2.04. The molecule has 1 amide bonds. The van der Waals surface area contributed by atoms with Crippen LogP contribution in [0.5, 0.6) is 5.75 Å². The van der Waals surface area contributed by atoms with Crippen LogP contribution in [0.15, 0.2) is 48.5 Å². The summed E-state index contributed by atoms with van der Waals surface area (Å²) in [6, 6.07) is 14.8. The molecule has 0 fully saturated rings. The Labute approximate surface area is 129 Å². The van der Waals surface area contributed by atoms with Gasteiger partial charge in [0.1, 0.15) is 5.75 Å². The van der Waals surface area contributed by atoms with Crippen LogP contribution in [-0.4, -0.2) is 19.6 Å². The van der Waals surface area contributed by atoms with Crippen LogP contribution in [0.1, 0.15) is 5.56 Å². The summed E-state index contributed by atoms with van der Waals surface area (Å²) in [5, 5.41) is 6.37. The van der Waals surface area contributed by atoms with Crippen LogP contribution in [0, 0.1) is 0 Å². The van der Waals surface area contributed by atoms with Gasteiger partial charge in [-0.05, 0) is 29.8 Å². The minimum atomic E-state index is -0.133. The van der Waals surface area contributed by atoms with Crippen molar-refractivity contribution in [3.05, 3.63) is 59.1 Å². The lowest BCUT2D eigenvalue weighted by Gasteiger charge is -2.08. The van der Waals surface area contributed by atoms with Crippen LogP contribution < -0.4 is 15.4 Å². The van der Waals surface area contributed by atoms with E-state index in [1.165, 1.54) is 0 Å². The van der Waals surface area contributed by atoms with Gasteiger partial charge in [0.25, 0.3) is 0 Å². The van der Waals surface area contributed by atoms with E-state index in [1.807, 2.05) is 36.4 Å². The molecule has 0 atom stereocenters. The van der Waals surface area contributed by atoms with Crippen molar-refractivity contribution in [1.82, 2.24) is 5.32 Å². The maximum atomic E-state index is 11.8. The normalized spacial score (nSPS) is 10.2. The second kappa shape index (κ2) is 7.67. The topological polar surface area (TPSA) is 50.4 Å². The molecule has 0 aliphatic carbocycles. The van der Waals surface area contributed by atoms with Crippen molar-refractivity contribution in [1.29, 1.82) is 0 Å². The number of halogens is 1. The van der Waals surface area contributed by atoms with Gasteiger partial charge in [0.15, 0.2) is 0 Å². The minimum Gasteiger partial charge on any atom is -0.497 e. The number of methoxy groups -OCH3 is 1. The summed E-state index contributed by atoms with van der Waals surface area (Å²) in [4.78, 5) is 11.8. The average Bonchev–Trinajstić information content (AvgIpc) is 2.50. The molecule has 0 aliphatic heterocycles. The monoisotopic (exact) mass is 304 g/mol. The molecule has 21 heavy (non-hydrogen) atoms. The van der Waals surface area contributed by atoms with Gasteiger partial charge in [0.05, 0.1) is 24.4 Å². The highest BCUT2D eigenvalue weighted by Crippen LogP contribution is 2.20. The predicted octanol–water partition coefficient (Wildman–Crippen LogP) is 3.08. The standard InChI is InChI=1S/C16H17ClN2O2/c1-21-13-6-4-5-12(9-13)10-18-11-16(20)19-15-8-3-2-7-14(15)17/h2-9,18H,10-11H2,1H3,(H,19,20). The van der Waals surface area contributed by atoms with Gasteiger partial charge in [-0.1, -0.05) is 35.9 Å². The summed E-state index contributed by atoms with van der Waals surface area (Å²) in [6.07, 6.45) is 0. The third kappa shape index (κ3) is 4.77. The molecule has 0 saturated carbocycles. The number of carbonyl (C=O) groups excluding carboxylic acids is 1. The van der Waals surface area contributed by atoms with E-state index >= 15 is 0 Å². The Balaban J connectivity index is 1.80. The number of rotatable bonds is 6. The fourth-order valence-corrected chi connectivity index (χ4v) is 2.04. The first-order valence-electron chi connectivity index (χ1n) is 6.57. The Morgan fingerprint density at radius 1 is 1.19 bits per heavy atom.